The SMILES string of the molecule is CC1C=CC=C2c3ccc(N/N=C\Cc4ccccn4)nc3NC21. The monoisotopic (exact) mass is 317 g/mol. The Morgan fingerprint density at radius 1 is 1.29 bits per heavy atom. The third-order valence-corrected chi connectivity index (χ3v) is 4.35. The summed E-state index contributed by atoms with van der Waals surface area (Å²) in [5, 5.41) is 7.75. The summed E-state index contributed by atoms with van der Waals surface area (Å²) in [6, 6.07) is 10.2. The molecule has 1 aliphatic heterocycles. The van der Waals surface area contributed by atoms with Gasteiger partial charge >= 0.3 is 0 Å². The van der Waals surface area contributed by atoms with Gasteiger partial charge in [0, 0.05) is 30.1 Å². The van der Waals surface area contributed by atoms with Gasteiger partial charge in [0.05, 0.1) is 6.04 Å². The summed E-state index contributed by atoms with van der Waals surface area (Å²) in [7, 11) is 0. The number of hydrogen-bond acceptors (Lipinski definition) is 5. The van der Waals surface area contributed by atoms with Gasteiger partial charge in [0.15, 0.2) is 0 Å². The fraction of sp³-hybridized carbons (Fsp3) is 0.211. The van der Waals surface area contributed by atoms with Crippen molar-refractivity contribution in [3.63, 3.8) is 0 Å². The highest BCUT2D eigenvalue weighted by molar-refractivity contribution is 5.87. The third-order valence-electron chi connectivity index (χ3n) is 4.35. The van der Waals surface area contributed by atoms with Gasteiger partial charge in [-0.2, -0.15) is 5.10 Å². The number of fused-ring (bicyclic) bond motifs is 3. The molecule has 0 amide bonds. The average Bonchev–Trinajstić information content (AvgIpc) is 2.99. The van der Waals surface area contributed by atoms with Crippen LogP contribution in [0.15, 0.2) is 59.9 Å². The van der Waals surface area contributed by atoms with E-state index in [1.165, 1.54) is 11.1 Å². The number of aromatic nitrogens is 2. The first-order chi connectivity index (χ1) is 11.8. The number of allylic oxidation sites excluding steroid dienone is 2. The number of nitrogens with zero attached hydrogens (tertiary/aromatic N) is 3. The molecule has 24 heavy (non-hydrogen) atoms. The molecule has 3 heterocycles. The molecule has 2 N–H and O–H groups in total. The van der Waals surface area contributed by atoms with Gasteiger partial charge in [0.1, 0.15) is 11.6 Å². The summed E-state index contributed by atoms with van der Waals surface area (Å²) in [5.74, 6) is 2.12. The summed E-state index contributed by atoms with van der Waals surface area (Å²) in [6.45, 7) is 2.22. The largest absolute Gasteiger partial charge is 0.362 e. The lowest BCUT2D eigenvalue weighted by atomic mass is 9.89. The second-order valence-corrected chi connectivity index (χ2v) is 6.03. The summed E-state index contributed by atoms with van der Waals surface area (Å²) in [6.07, 6.45) is 10.8. The standard InChI is InChI=1S/C19H19N5/c1-13-5-4-7-15-16-8-9-17(22-19(16)23-18(13)15)24-21-12-10-14-6-2-3-11-20-14/h2-9,11-13,18H,10H2,1H3,(H2,22,23,24)/b21-12-. The zero-order chi connectivity index (χ0) is 16.4. The molecule has 120 valence electrons. The van der Waals surface area contributed by atoms with Crippen LogP contribution in [0.25, 0.3) is 5.57 Å². The molecule has 4 rings (SSSR count). The first-order valence-corrected chi connectivity index (χ1v) is 8.15. The molecular formula is C19H19N5. The maximum atomic E-state index is 4.64. The van der Waals surface area contributed by atoms with E-state index in [0.717, 1.165) is 17.3 Å². The number of rotatable bonds is 4. The van der Waals surface area contributed by atoms with Crippen LogP contribution in [0.3, 0.4) is 0 Å². The van der Waals surface area contributed by atoms with E-state index in [1.807, 2.05) is 24.3 Å². The smallest absolute Gasteiger partial charge is 0.148 e. The van der Waals surface area contributed by atoms with Crippen molar-refractivity contribution in [2.75, 3.05) is 10.7 Å². The van der Waals surface area contributed by atoms with E-state index in [-0.39, 0.29) is 0 Å². The van der Waals surface area contributed by atoms with Crippen molar-refractivity contribution in [1.82, 2.24) is 9.97 Å². The number of nitrogens with one attached hydrogen (secondary N) is 2. The molecule has 0 saturated carbocycles. The van der Waals surface area contributed by atoms with E-state index in [0.29, 0.717) is 18.4 Å². The Bertz CT molecular complexity index is 823. The summed E-state index contributed by atoms with van der Waals surface area (Å²) < 4.78 is 0. The van der Waals surface area contributed by atoms with Gasteiger partial charge in [-0.05, 0) is 35.8 Å². The van der Waals surface area contributed by atoms with Crippen molar-refractivity contribution >= 4 is 23.4 Å². The van der Waals surface area contributed by atoms with Gasteiger partial charge in [-0.15, -0.1) is 0 Å². The van der Waals surface area contributed by atoms with Crippen LogP contribution in [0, 0.1) is 5.92 Å². The molecule has 0 bridgehead atoms. The fourth-order valence-corrected chi connectivity index (χ4v) is 3.08. The molecule has 2 unspecified atom stereocenters. The Morgan fingerprint density at radius 3 is 3.12 bits per heavy atom. The minimum Gasteiger partial charge on any atom is -0.362 e. The predicted molar refractivity (Wildman–Crippen MR) is 98.0 cm³/mol. The molecule has 0 aromatic carbocycles. The van der Waals surface area contributed by atoms with Crippen molar-refractivity contribution < 1.29 is 0 Å². The van der Waals surface area contributed by atoms with Crippen LogP contribution in [-0.2, 0) is 6.42 Å². The summed E-state index contributed by atoms with van der Waals surface area (Å²) in [4.78, 5) is 8.90. The van der Waals surface area contributed by atoms with Gasteiger partial charge < -0.3 is 5.32 Å². The summed E-state index contributed by atoms with van der Waals surface area (Å²) in [5.41, 5.74) is 6.48. The molecule has 1 aliphatic carbocycles. The van der Waals surface area contributed by atoms with Gasteiger partial charge in [-0.25, -0.2) is 4.98 Å². The Labute approximate surface area is 141 Å². The van der Waals surface area contributed by atoms with Crippen molar-refractivity contribution in [1.29, 1.82) is 0 Å². The minimum absolute atomic E-state index is 0.320. The number of pyridine rings is 2. The molecule has 0 saturated heterocycles. The van der Waals surface area contributed by atoms with E-state index in [1.54, 1.807) is 12.4 Å². The van der Waals surface area contributed by atoms with Gasteiger partial charge in [0.2, 0.25) is 0 Å². The summed E-state index contributed by atoms with van der Waals surface area (Å²) >= 11 is 0. The molecule has 5 nitrogen and oxygen atoms in total. The molecule has 2 aromatic rings. The lowest BCUT2D eigenvalue weighted by molar-refractivity contribution is 0.683. The normalized spacial score (nSPS) is 21.1. The van der Waals surface area contributed by atoms with Crippen LogP contribution < -0.4 is 10.7 Å². The Morgan fingerprint density at radius 2 is 2.25 bits per heavy atom. The highest BCUT2D eigenvalue weighted by Gasteiger charge is 2.31. The Balaban J connectivity index is 1.44. The van der Waals surface area contributed by atoms with E-state index >= 15 is 0 Å². The number of anilines is 2. The topological polar surface area (TPSA) is 62.2 Å². The Kier molecular flexibility index (Phi) is 3.83. The molecule has 2 atom stereocenters. The predicted octanol–water partition coefficient (Wildman–Crippen LogP) is 3.50. The quantitative estimate of drug-likeness (QED) is 0.669. The molecule has 2 aliphatic rings. The second kappa shape index (κ2) is 6.28. The zero-order valence-electron chi connectivity index (χ0n) is 13.5. The van der Waals surface area contributed by atoms with E-state index in [9.17, 15) is 0 Å². The molecule has 0 fully saturated rings. The fourth-order valence-electron chi connectivity index (χ4n) is 3.08. The third kappa shape index (κ3) is 2.80. The van der Waals surface area contributed by atoms with E-state index in [2.05, 4.69) is 57.0 Å². The maximum absolute atomic E-state index is 4.64. The van der Waals surface area contributed by atoms with Crippen LogP contribution in [0.1, 0.15) is 18.2 Å². The molecular weight excluding hydrogens is 298 g/mol. The zero-order valence-corrected chi connectivity index (χ0v) is 13.5. The van der Waals surface area contributed by atoms with Gasteiger partial charge in [-0.3, -0.25) is 10.4 Å². The average molecular weight is 317 g/mol. The highest BCUT2D eigenvalue weighted by Crippen LogP contribution is 2.39. The lowest BCUT2D eigenvalue weighted by Gasteiger charge is -2.20. The molecule has 0 radical (unpaired) electrons. The Hall–Kier alpha value is -2.95. The van der Waals surface area contributed by atoms with Crippen molar-refractivity contribution in [3.05, 3.63) is 66.0 Å². The van der Waals surface area contributed by atoms with E-state index in [4.69, 9.17) is 0 Å². The van der Waals surface area contributed by atoms with Gasteiger partial charge in [0.25, 0.3) is 0 Å². The second-order valence-electron chi connectivity index (χ2n) is 6.03. The first kappa shape index (κ1) is 14.6. The lowest BCUT2D eigenvalue weighted by Crippen LogP contribution is -2.24. The van der Waals surface area contributed by atoms with Crippen LogP contribution in [0.5, 0.6) is 0 Å². The van der Waals surface area contributed by atoms with Crippen LogP contribution in [-0.4, -0.2) is 22.2 Å². The number of hydrogen-bond donors (Lipinski definition) is 2. The van der Waals surface area contributed by atoms with Crippen LogP contribution >= 0.6 is 0 Å². The minimum atomic E-state index is 0.320. The van der Waals surface area contributed by atoms with Crippen molar-refractivity contribution in [2.45, 2.75) is 19.4 Å². The molecule has 2 aromatic heterocycles. The molecule has 5 heteroatoms. The first-order valence-electron chi connectivity index (χ1n) is 8.15. The van der Waals surface area contributed by atoms with Crippen LogP contribution in [0.4, 0.5) is 11.6 Å². The van der Waals surface area contributed by atoms with Crippen LogP contribution in [0.2, 0.25) is 0 Å². The van der Waals surface area contributed by atoms with E-state index < -0.39 is 0 Å². The van der Waals surface area contributed by atoms with Crippen molar-refractivity contribution in [2.24, 2.45) is 11.0 Å². The van der Waals surface area contributed by atoms with Crippen molar-refractivity contribution in [3.8, 4) is 0 Å². The maximum Gasteiger partial charge on any atom is 0.148 e. The van der Waals surface area contributed by atoms with Gasteiger partial charge in [-0.1, -0.05) is 31.2 Å². The number of hydrazone groups is 1. The molecule has 0 spiro atoms. The highest BCUT2D eigenvalue weighted by atomic mass is 15.3.